The molecule has 0 aromatic heterocycles. The van der Waals surface area contributed by atoms with Crippen molar-refractivity contribution in [3.63, 3.8) is 0 Å². The molecule has 30 heavy (non-hydrogen) atoms. The maximum atomic E-state index is 15.2. The molecule has 0 amide bonds. The molecule has 5 rings (SSSR count). The van der Waals surface area contributed by atoms with Gasteiger partial charge in [0.15, 0.2) is 0 Å². The average molecular weight is 400 g/mol. The van der Waals surface area contributed by atoms with Crippen LogP contribution in [0.4, 0.5) is 4.39 Å². The predicted molar refractivity (Wildman–Crippen MR) is 121 cm³/mol. The van der Waals surface area contributed by atoms with Crippen LogP contribution in [0.15, 0.2) is 72.8 Å². The summed E-state index contributed by atoms with van der Waals surface area (Å²) in [6, 6.07) is 23.3. The molecule has 2 nitrogen and oxygen atoms in total. The number of benzene rings is 4. The Balaban J connectivity index is 1.71. The van der Waals surface area contributed by atoms with E-state index in [-0.39, 0.29) is 11.7 Å². The van der Waals surface area contributed by atoms with E-state index in [0.29, 0.717) is 11.3 Å². The summed E-state index contributed by atoms with van der Waals surface area (Å²) in [7, 11) is 0. The molecular formula is C27H25FO2. The number of fused-ring (bicyclic) bond motifs is 2. The predicted octanol–water partition coefficient (Wildman–Crippen LogP) is 7.62. The van der Waals surface area contributed by atoms with Gasteiger partial charge in [0, 0.05) is 17.0 Å². The van der Waals surface area contributed by atoms with E-state index in [0.717, 1.165) is 52.8 Å². The summed E-state index contributed by atoms with van der Waals surface area (Å²) >= 11 is 0. The maximum absolute atomic E-state index is 15.2. The van der Waals surface area contributed by atoms with Crippen LogP contribution in [0, 0.1) is 5.92 Å². The topological polar surface area (TPSA) is 29.5 Å². The molecule has 0 bridgehead atoms. The second-order valence-corrected chi connectivity index (χ2v) is 8.21. The van der Waals surface area contributed by atoms with Gasteiger partial charge in [0.25, 0.3) is 0 Å². The van der Waals surface area contributed by atoms with Gasteiger partial charge in [-0.15, -0.1) is 0 Å². The van der Waals surface area contributed by atoms with E-state index in [1.54, 1.807) is 6.07 Å². The lowest BCUT2D eigenvalue weighted by atomic mass is 9.89. The maximum Gasteiger partial charge on any atom is 0.241 e. The number of phenolic OH excluding ortho intramolecular Hbond substituents is 1. The van der Waals surface area contributed by atoms with Crippen molar-refractivity contribution in [2.75, 3.05) is 0 Å². The van der Waals surface area contributed by atoms with Gasteiger partial charge in [0.1, 0.15) is 11.5 Å². The summed E-state index contributed by atoms with van der Waals surface area (Å²) in [4.78, 5) is 0. The summed E-state index contributed by atoms with van der Waals surface area (Å²) in [5.74, 6) is 0.584. The number of phenols is 1. The third-order valence-corrected chi connectivity index (χ3v) is 6.31. The Hall–Kier alpha value is -3.07. The van der Waals surface area contributed by atoms with E-state index in [1.807, 2.05) is 66.7 Å². The highest BCUT2D eigenvalue weighted by atomic mass is 19.1. The third kappa shape index (κ3) is 3.39. The van der Waals surface area contributed by atoms with E-state index in [4.69, 9.17) is 4.74 Å². The SMILES string of the molecule is Oc1ccc2ccccc2c1-c1c(OC(F)C2CCCCC2)ccc2ccccc12. The van der Waals surface area contributed by atoms with Gasteiger partial charge in [-0.3, -0.25) is 0 Å². The highest BCUT2D eigenvalue weighted by molar-refractivity contribution is 6.09. The zero-order chi connectivity index (χ0) is 20.5. The summed E-state index contributed by atoms with van der Waals surface area (Å²) in [5.41, 5.74) is 1.44. The fraction of sp³-hybridized carbons (Fsp3) is 0.259. The zero-order valence-electron chi connectivity index (χ0n) is 16.9. The van der Waals surface area contributed by atoms with Crippen molar-refractivity contribution >= 4 is 21.5 Å². The Morgan fingerprint density at radius 3 is 2.03 bits per heavy atom. The monoisotopic (exact) mass is 400 g/mol. The number of hydrogen-bond donors (Lipinski definition) is 1. The minimum Gasteiger partial charge on any atom is -0.507 e. The molecule has 1 aliphatic carbocycles. The molecule has 1 unspecified atom stereocenters. The molecule has 0 heterocycles. The van der Waals surface area contributed by atoms with Crippen LogP contribution >= 0.6 is 0 Å². The first-order chi connectivity index (χ1) is 14.7. The lowest BCUT2D eigenvalue weighted by Gasteiger charge is -2.26. The number of rotatable bonds is 4. The van der Waals surface area contributed by atoms with Gasteiger partial charge in [-0.25, -0.2) is 4.39 Å². The first-order valence-electron chi connectivity index (χ1n) is 10.8. The molecule has 1 atom stereocenters. The van der Waals surface area contributed by atoms with Gasteiger partial charge in [0.05, 0.1) is 0 Å². The molecule has 1 aliphatic rings. The Kier molecular flexibility index (Phi) is 5.04. The summed E-state index contributed by atoms with van der Waals surface area (Å²) in [6.45, 7) is 0. The molecular weight excluding hydrogens is 375 g/mol. The molecule has 3 heteroatoms. The van der Waals surface area contributed by atoms with Crippen molar-refractivity contribution in [3.05, 3.63) is 72.8 Å². The fourth-order valence-corrected chi connectivity index (χ4v) is 4.74. The van der Waals surface area contributed by atoms with Gasteiger partial charge in [-0.05, 0) is 46.5 Å². The number of halogens is 1. The molecule has 4 aromatic rings. The summed E-state index contributed by atoms with van der Waals surface area (Å²) in [6.07, 6.45) is 3.68. The summed E-state index contributed by atoms with van der Waals surface area (Å²) in [5, 5.41) is 14.8. The van der Waals surface area contributed by atoms with Gasteiger partial charge in [0.2, 0.25) is 6.36 Å². The highest BCUT2D eigenvalue weighted by Gasteiger charge is 2.27. The van der Waals surface area contributed by atoms with Crippen molar-refractivity contribution in [2.24, 2.45) is 5.92 Å². The Bertz CT molecular complexity index is 1190. The normalized spacial score (nSPS) is 16.0. The Labute approximate surface area is 175 Å². The quantitative estimate of drug-likeness (QED) is 0.382. The number of aromatic hydroxyl groups is 1. The van der Waals surface area contributed by atoms with Crippen molar-refractivity contribution in [2.45, 2.75) is 38.5 Å². The minimum atomic E-state index is -1.35. The van der Waals surface area contributed by atoms with E-state index in [1.165, 1.54) is 6.42 Å². The fourth-order valence-electron chi connectivity index (χ4n) is 4.74. The van der Waals surface area contributed by atoms with Crippen LogP contribution in [0.3, 0.4) is 0 Å². The molecule has 152 valence electrons. The number of hydrogen-bond acceptors (Lipinski definition) is 2. The van der Waals surface area contributed by atoms with Crippen molar-refractivity contribution in [1.29, 1.82) is 0 Å². The van der Waals surface area contributed by atoms with Gasteiger partial charge in [-0.1, -0.05) is 79.9 Å². The lowest BCUT2D eigenvalue weighted by molar-refractivity contribution is -0.00190. The second kappa shape index (κ2) is 7.98. The first kappa shape index (κ1) is 18.9. The Morgan fingerprint density at radius 1 is 0.733 bits per heavy atom. The van der Waals surface area contributed by atoms with Crippen LogP contribution in [0.2, 0.25) is 0 Å². The molecule has 0 saturated heterocycles. The van der Waals surface area contributed by atoms with E-state index >= 15 is 4.39 Å². The molecule has 0 aliphatic heterocycles. The first-order valence-corrected chi connectivity index (χ1v) is 10.8. The van der Waals surface area contributed by atoms with Crippen LogP contribution < -0.4 is 4.74 Å². The van der Waals surface area contributed by atoms with Gasteiger partial charge >= 0.3 is 0 Å². The Morgan fingerprint density at radius 2 is 1.33 bits per heavy atom. The van der Waals surface area contributed by atoms with E-state index in [2.05, 4.69) is 0 Å². The van der Waals surface area contributed by atoms with Crippen LogP contribution in [0.25, 0.3) is 32.7 Å². The van der Waals surface area contributed by atoms with Crippen LogP contribution in [-0.2, 0) is 0 Å². The highest BCUT2D eigenvalue weighted by Crippen LogP contribution is 2.45. The average Bonchev–Trinajstić information content (AvgIpc) is 2.80. The van der Waals surface area contributed by atoms with E-state index in [9.17, 15) is 5.11 Å². The molecule has 0 radical (unpaired) electrons. The van der Waals surface area contributed by atoms with Crippen molar-refractivity contribution in [3.8, 4) is 22.6 Å². The summed E-state index contributed by atoms with van der Waals surface area (Å²) < 4.78 is 21.2. The van der Waals surface area contributed by atoms with E-state index < -0.39 is 6.36 Å². The van der Waals surface area contributed by atoms with Crippen LogP contribution in [-0.4, -0.2) is 11.5 Å². The van der Waals surface area contributed by atoms with Gasteiger partial charge < -0.3 is 9.84 Å². The van der Waals surface area contributed by atoms with Crippen molar-refractivity contribution < 1.29 is 14.2 Å². The standard InChI is InChI=1S/C27H25FO2/c28-27(20-10-2-1-3-11-20)30-24-17-15-19-9-5-7-13-22(19)26(24)25-21-12-6-4-8-18(21)14-16-23(25)29/h4-9,12-17,20,27,29H,1-3,10-11H2. The number of ether oxygens (including phenoxy) is 1. The zero-order valence-corrected chi connectivity index (χ0v) is 16.9. The largest absolute Gasteiger partial charge is 0.507 e. The smallest absolute Gasteiger partial charge is 0.241 e. The third-order valence-electron chi connectivity index (χ3n) is 6.31. The lowest BCUT2D eigenvalue weighted by Crippen LogP contribution is -2.24. The molecule has 4 aromatic carbocycles. The second-order valence-electron chi connectivity index (χ2n) is 8.21. The number of alkyl halides is 1. The molecule has 1 N–H and O–H groups in total. The van der Waals surface area contributed by atoms with Crippen LogP contribution in [0.5, 0.6) is 11.5 Å². The molecule has 0 spiro atoms. The minimum absolute atomic E-state index is 0.0702. The van der Waals surface area contributed by atoms with Gasteiger partial charge in [-0.2, -0.15) is 0 Å². The molecule has 1 saturated carbocycles. The molecule has 1 fully saturated rings. The van der Waals surface area contributed by atoms with Crippen molar-refractivity contribution in [1.82, 2.24) is 0 Å². The van der Waals surface area contributed by atoms with Crippen LogP contribution in [0.1, 0.15) is 32.1 Å².